The van der Waals surface area contributed by atoms with Crippen molar-refractivity contribution in [3.63, 3.8) is 0 Å². The zero-order valence-corrected chi connectivity index (χ0v) is 13.2. The standard InChI is InChI=1S/C14H17BrFNOS/c1-19-12-8-3-2-7-11(12)17-14(18)9-5-4-6-10(16)13(9)15/h4-6,11-12H,2-3,7-8H2,1H3,(H,17,18). The number of halogens is 2. The molecule has 1 aliphatic rings. The lowest BCUT2D eigenvalue weighted by atomic mass is 9.94. The van der Waals surface area contributed by atoms with Gasteiger partial charge in [0.05, 0.1) is 10.0 Å². The number of benzene rings is 1. The molecule has 1 fully saturated rings. The molecule has 5 heteroatoms. The molecule has 2 nitrogen and oxygen atoms in total. The van der Waals surface area contributed by atoms with Gasteiger partial charge < -0.3 is 5.32 Å². The fraction of sp³-hybridized carbons (Fsp3) is 0.500. The summed E-state index contributed by atoms with van der Waals surface area (Å²) in [5.41, 5.74) is 0.366. The largest absolute Gasteiger partial charge is 0.348 e. The SMILES string of the molecule is CSC1CCCCC1NC(=O)c1cccc(F)c1Br. The van der Waals surface area contributed by atoms with Crippen LogP contribution in [0.5, 0.6) is 0 Å². The van der Waals surface area contributed by atoms with Crippen LogP contribution in [-0.4, -0.2) is 23.5 Å². The quantitative estimate of drug-likeness (QED) is 0.897. The Morgan fingerprint density at radius 3 is 2.89 bits per heavy atom. The van der Waals surface area contributed by atoms with Crippen LogP contribution in [0.3, 0.4) is 0 Å². The molecule has 0 bridgehead atoms. The van der Waals surface area contributed by atoms with Crippen LogP contribution in [0.4, 0.5) is 4.39 Å². The van der Waals surface area contributed by atoms with E-state index in [9.17, 15) is 9.18 Å². The van der Waals surface area contributed by atoms with Crippen LogP contribution in [0.25, 0.3) is 0 Å². The van der Waals surface area contributed by atoms with E-state index in [1.54, 1.807) is 23.9 Å². The molecular formula is C14H17BrFNOS. The van der Waals surface area contributed by atoms with Crippen molar-refractivity contribution in [1.29, 1.82) is 0 Å². The van der Waals surface area contributed by atoms with Crippen molar-refractivity contribution < 1.29 is 9.18 Å². The average Bonchev–Trinajstić information content (AvgIpc) is 2.42. The molecule has 0 heterocycles. The van der Waals surface area contributed by atoms with E-state index < -0.39 is 5.82 Å². The molecule has 0 spiro atoms. The molecule has 1 aromatic rings. The van der Waals surface area contributed by atoms with Gasteiger partial charge in [-0.2, -0.15) is 11.8 Å². The molecule has 1 saturated carbocycles. The third-order valence-electron chi connectivity index (χ3n) is 3.52. The first-order valence-electron chi connectivity index (χ1n) is 6.41. The molecule has 0 radical (unpaired) electrons. The van der Waals surface area contributed by atoms with Crippen LogP contribution in [-0.2, 0) is 0 Å². The van der Waals surface area contributed by atoms with Gasteiger partial charge in [-0.1, -0.05) is 18.9 Å². The van der Waals surface area contributed by atoms with Crippen molar-refractivity contribution in [2.75, 3.05) is 6.26 Å². The van der Waals surface area contributed by atoms with Gasteiger partial charge in [0.15, 0.2) is 0 Å². The van der Waals surface area contributed by atoms with E-state index in [0.717, 1.165) is 19.3 Å². The Bertz CT molecular complexity index is 469. The highest BCUT2D eigenvalue weighted by atomic mass is 79.9. The molecule has 0 saturated heterocycles. The fourth-order valence-electron chi connectivity index (χ4n) is 2.47. The van der Waals surface area contributed by atoms with E-state index in [1.807, 2.05) is 0 Å². The summed E-state index contributed by atoms with van der Waals surface area (Å²) in [6, 6.07) is 4.72. The van der Waals surface area contributed by atoms with E-state index >= 15 is 0 Å². The summed E-state index contributed by atoms with van der Waals surface area (Å²) < 4.78 is 13.7. The minimum Gasteiger partial charge on any atom is -0.348 e. The van der Waals surface area contributed by atoms with E-state index in [4.69, 9.17) is 0 Å². The van der Waals surface area contributed by atoms with Gasteiger partial charge in [0.1, 0.15) is 5.82 Å². The first kappa shape index (κ1) is 14.9. The molecule has 19 heavy (non-hydrogen) atoms. The maximum absolute atomic E-state index is 13.4. The topological polar surface area (TPSA) is 29.1 Å². The van der Waals surface area contributed by atoms with E-state index in [0.29, 0.717) is 10.8 Å². The maximum Gasteiger partial charge on any atom is 0.252 e. The summed E-state index contributed by atoms with van der Waals surface area (Å²) in [6.07, 6.45) is 6.59. The minimum absolute atomic E-state index is 0.186. The second-order valence-electron chi connectivity index (χ2n) is 4.74. The number of hydrogen-bond acceptors (Lipinski definition) is 2. The van der Waals surface area contributed by atoms with Gasteiger partial charge in [0, 0.05) is 11.3 Å². The third-order valence-corrected chi connectivity index (χ3v) is 5.49. The number of thioether (sulfide) groups is 1. The minimum atomic E-state index is -0.405. The van der Waals surface area contributed by atoms with E-state index in [-0.39, 0.29) is 16.4 Å². The molecule has 2 rings (SSSR count). The number of carbonyl (C=O) groups excluding carboxylic acids is 1. The predicted octanol–water partition coefficient (Wildman–Crippen LogP) is 3.99. The summed E-state index contributed by atoms with van der Waals surface area (Å²) in [7, 11) is 0. The lowest BCUT2D eigenvalue weighted by molar-refractivity contribution is 0.0928. The summed E-state index contributed by atoms with van der Waals surface area (Å²) >= 11 is 4.93. The highest BCUT2D eigenvalue weighted by Crippen LogP contribution is 2.28. The second kappa shape index (κ2) is 6.75. The predicted molar refractivity (Wildman–Crippen MR) is 81.1 cm³/mol. The molecule has 0 aromatic heterocycles. The zero-order chi connectivity index (χ0) is 13.8. The molecule has 1 aliphatic carbocycles. The highest BCUT2D eigenvalue weighted by molar-refractivity contribution is 9.10. The summed E-state index contributed by atoms with van der Waals surface area (Å²) in [5, 5.41) is 3.51. The van der Waals surface area contributed by atoms with Gasteiger partial charge in [-0.3, -0.25) is 4.79 Å². The van der Waals surface area contributed by atoms with Crippen molar-refractivity contribution in [1.82, 2.24) is 5.32 Å². The van der Waals surface area contributed by atoms with Gasteiger partial charge in [0.2, 0.25) is 0 Å². The summed E-state index contributed by atoms with van der Waals surface area (Å²) in [4.78, 5) is 12.2. The average molecular weight is 346 g/mol. The number of carbonyl (C=O) groups is 1. The van der Waals surface area contributed by atoms with Crippen LogP contribution >= 0.6 is 27.7 Å². The molecule has 1 N–H and O–H groups in total. The van der Waals surface area contributed by atoms with Crippen LogP contribution in [0.1, 0.15) is 36.0 Å². The van der Waals surface area contributed by atoms with Crippen LogP contribution in [0.15, 0.2) is 22.7 Å². The van der Waals surface area contributed by atoms with Gasteiger partial charge >= 0.3 is 0 Å². The van der Waals surface area contributed by atoms with E-state index in [2.05, 4.69) is 27.5 Å². The van der Waals surface area contributed by atoms with Gasteiger partial charge in [-0.15, -0.1) is 0 Å². The lowest BCUT2D eigenvalue weighted by Crippen LogP contribution is -2.43. The Morgan fingerprint density at radius 2 is 2.16 bits per heavy atom. The lowest BCUT2D eigenvalue weighted by Gasteiger charge is -2.31. The summed E-state index contributed by atoms with van der Waals surface area (Å²) in [5.74, 6) is -0.602. The first-order valence-corrected chi connectivity index (χ1v) is 8.49. The Kier molecular flexibility index (Phi) is 5.28. The summed E-state index contributed by atoms with van der Waals surface area (Å²) in [6.45, 7) is 0. The smallest absolute Gasteiger partial charge is 0.252 e. The zero-order valence-electron chi connectivity index (χ0n) is 10.8. The van der Waals surface area contributed by atoms with Gasteiger partial charge in [-0.05, 0) is 47.2 Å². The highest BCUT2D eigenvalue weighted by Gasteiger charge is 2.26. The van der Waals surface area contributed by atoms with E-state index in [1.165, 1.54) is 12.5 Å². The van der Waals surface area contributed by atoms with Crippen LogP contribution in [0, 0.1) is 5.82 Å². The van der Waals surface area contributed by atoms with Crippen LogP contribution < -0.4 is 5.32 Å². The third kappa shape index (κ3) is 3.51. The number of nitrogens with one attached hydrogen (secondary N) is 1. The second-order valence-corrected chi connectivity index (χ2v) is 6.61. The van der Waals surface area contributed by atoms with Crippen molar-refractivity contribution in [2.45, 2.75) is 37.0 Å². The molecular weight excluding hydrogens is 329 g/mol. The normalized spacial score (nSPS) is 23.1. The van der Waals surface area contributed by atoms with Crippen LogP contribution in [0.2, 0.25) is 0 Å². The maximum atomic E-state index is 13.4. The number of amides is 1. The molecule has 2 atom stereocenters. The Labute approximate surface area is 125 Å². The Morgan fingerprint density at radius 1 is 1.42 bits per heavy atom. The van der Waals surface area contributed by atoms with Crippen molar-refractivity contribution in [2.24, 2.45) is 0 Å². The Hall–Kier alpha value is -0.550. The van der Waals surface area contributed by atoms with Crippen molar-refractivity contribution >= 4 is 33.6 Å². The van der Waals surface area contributed by atoms with Gasteiger partial charge in [-0.25, -0.2) is 4.39 Å². The van der Waals surface area contributed by atoms with Gasteiger partial charge in [0.25, 0.3) is 5.91 Å². The molecule has 1 amide bonds. The number of hydrogen-bond donors (Lipinski definition) is 1. The molecule has 0 aliphatic heterocycles. The van der Waals surface area contributed by atoms with Crippen molar-refractivity contribution in [3.8, 4) is 0 Å². The molecule has 2 unspecified atom stereocenters. The molecule has 104 valence electrons. The van der Waals surface area contributed by atoms with Crippen molar-refractivity contribution in [3.05, 3.63) is 34.1 Å². The first-order chi connectivity index (χ1) is 9.13. The molecule has 1 aromatic carbocycles. The fourth-order valence-corrected chi connectivity index (χ4v) is 3.85. The monoisotopic (exact) mass is 345 g/mol. The number of rotatable bonds is 3. The Balaban J connectivity index is 2.09.